The van der Waals surface area contributed by atoms with Gasteiger partial charge in [-0.25, -0.2) is 0 Å². The smallest absolute Gasteiger partial charge is 0.416 e. The van der Waals surface area contributed by atoms with Crippen LogP contribution in [0.4, 0.5) is 13.2 Å². The highest BCUT2D eigenvalue weighted by atomic mass is 32.2. The average Bonchev–Trinajstić information content (AvgIpc) is 3.07. The summed E-state index contributed by atoms with van der Waals surface area (Å²) in [5, 5.41) is 0. The Morgan fingerprint density at radius 1 is 1.18 bits per heavy atom. The second-order valence-corrected chi connectivity index (χ2v) is 8.38. The molecule has 0 bridgehead atoms. The topological polar surface area (TPSA) is 35.5 Å². The van der Waals surface area contributed by atoms with E-state index in [0.717, 1.165) is 22.6 Å². The highest BCUT2D eigenvalue weighted by Gasteiger charge is 2.49. The first-order chi connectivity index (χ1) is 13.2. The number of carbonyl (C=O) groups excluding carboxylic acids is 1. The second-order valence-electron chi connectivity index (χ2n) is 7.04. The van der Waals surface area contributed by atoms with Crippen LogP contribution in [0.2, 0.25) is 0 Å². The number of halogens is 3. The van der Waals surface area contributed by atoms with Crippen LogP contribution in [0.15, 0.2) is 47.4 Å². The molecule has 0 saturated carbocycles. The second kappa shape index (κ2) is 7.70. The van der Waals surface area contributed by atoms with Crippen LogP contribution in [0.5, 0.6) is 5.75 Å². The maximum Gasteiger partial charge on any atom is 0.416 e. The van der Waals surface area contributed by atoms with E-state index in [2.05, 4.69) is 0 Å². The zero-order chi connectivity index (χ0) is 20.5. The lowest BCUT2D eigenvalue weighted by Gasteiger charge is -2.29. The van der Waals surface area contributed by atoms with Gasteiger partial charge in [-0.05, 0) is 41.7 Å². The quantitative estimate of drug-likeness (QED) is 0.610. The molecular formula is C21H21F3O3S. The molecule has 28 heavy (non-hydrogen) atoms. The van der Waals surface area contributed by atoms with Gasteiger partial charge < -0.3 is 9.47 Å². The van der Waals surface area contributed by atoms with Crippen LogP contribution in [0.25, 0.3) is 0 Å². The molecule has 1 aliphatic rings. The molecule has 0 fully saturated rings. The lowest BCUT2D eigenvalue weighted by Crippen LogP contribution is -2.41. The molecule has 3 nitrogen and oxygen atoms in total. The Morgan fingerprint density at radius 2 is 1.86 bits per heavy atom. The molecule has 1 atom stereocenters. The maximum atomic E-state index is 12.7. The molecule has 0 aliphatic carbocycles. The molecule has 1 heterocycles. The molecule has 1 unspecified atom stereocenters. The molecule has 0 saturated heterocycles. The third-order valence-electron chi connectivity index (χ3n) is 4.94. The molecule has 2 aromatic rings. The fourth-order valence-corrected chi connectivity index (χ4v) is 4.72. The standard InChI is InChI=1S/C21H21F3O3S/c1-13(2)20(19(25)26-3)11-15-5-4-6-17(18(15)28-20)27-12-14-7-9-16(10-8-14)21(22,23)24/h4-10,13H,11-12H2,1-3H3. The molecule has 150 valence electrons. The predicted molar refractivity (Wildman–Crippen MR) is 101 cm³/mol. The molecule has 0 N–H and O–H groups in total. The molecule has 0 spiro atoms. The average molecular weight is 410 g/mol. The number of rotatable bonds is 5. The van der Waals surface area contributed by atoms with E-state index in [0.29, 0.717) is 17.7 Å². The van der Waals surface area contributed by atoms with Gasteiger partial charge in [0.25, 0.3) is 0 Å². The van der Waals surface area contributed by atoms with Crippen molar-refractivity contribution in [3.8, 4) is 5.75 Å². The van der Waals surface area contributed by atoms with Gasteiger partial charge in [-0.15, -0.1) is 11.8 Å². The number of hydrogen-bond donors (Lipinski definition) is 0. The van der Waals surface area contributed by atoms with E-state index < -0.39 is 16.5 Å². The van der Waals surface area contributed by atoms with Crippen LogP contribution >= 0.6 is 11.8 Å². The predicted octanol–water partition coefficient (Wildman–Crippen LogP) is 5.50. The number of ether oxygens (including phenoxy) is 2. The molecule has 0 radical (unpaired) electrons. The summed E-state index contributed by atoms with van der Waals surface area (Å²) < 4.78 is 48.3. The first-order valence-electron chi connectivity index (χ1n) is 8.85. The summed E-state index contributed by atoms with van der Waals surface area (Å²) in [4.78, 5) is 13.4. The Hall–Kier alpha value is -2.15. The SMILES string of the molecule is COC(=O)C1(C(C)C)Cc2cccc(OCc3ccc(C(F)(F)F)cc3)c2S1. The van der Waals surface area contributed by atoms with E-state index in [9.17, 15) is 18.0 Å². The Kier molecular flexibility index (Phi) is 5.66. The fraction of sp³-hybridized carbons (Fsp3) is 0.381. The van der Waals surface area contributed by atoms with Crippen molar-refractivity contribution >= 4 is 17.7 Å². The summed E-state index contributed by atoms with van der Waals surface area (Å²) in [6.07, 6.45) is -3.81. The molecule has 1 aliphatic heterocycles. The first-order valence-corrected chi connectivity index (χ1v) is 9.67. The summed E-state index contributed by atoms with van der Waals surface area (Å²) in [6, 6.07) is 10.5. The van der Waals surface area contributed by atoms with Crippen molar-refractivity contribution in [1.82, 2.24) is 0 Å². The van der Waals surface area contributed by atoms with Crippen molar-refractivity contribution in [2.45, 2.75) is 42.7 Å². The van der Waals surface area contributed by atoms with E-state index >= 15 is 0 Å². The van der Waals surface area contributed by atoms with Crippen molar-refractivity contribution in [1.29, 1.82) is 0 Å². The molecule has 2 aromatic carbocycles. The van der Waals surface area contributed by atoms with Crippen LogP contribution in [-0.2, 0) is 28.7 Å². The first kappa shape index (κ1) is 20.6. The van der Waals surface area contributed by atoms with Gasteiger partial charge in [0, 0.05) is 0 Å². The zero-order valence-corrected chi connectivity index (χ0v) is 16.6. The Labute approximate surface area is 166 Å². The molecule has 0 amide bonds. The Morgan fingerprint density at radius 3 is 2.43 bits per heavy atom. The molecule has 7 heteroatoms. The van der Waals surface area contributed by atoms with E-state index in [1.54, 1.807) is 0 Å². The normalized spacial score (nSPS) is 18.8. The number of benzene rings is 2. The lowest BCUT2D eigenvalue weighted by molar-refractivity contribution is -0.144. The summed E-state index contributed by atoms with van der Waals surface area (Å²) >= 11 is 1.44. The Bertz CT molecular complexity index is 862. The number of alkyl halides is 3. The minimum absolute atomic E-state index is 0.0557. The van der Waals surface area contributed by atoms with Crippen molar-refractivity contribution in [3.05, 3.63) is 59.2 Å². The lowest BCUT2D eigenvalue weighted by atomic mass is 9.88. The van der Waals surface area contributed by atoms with Gasteiger partial charge in [-0.1, -0.05) is 38.1 Å². The third-order valence-corrected chi connectivity index (χ3v) is 6.75. The largest absolute Gasteiger partial charge is 0.488 e. The van der Waals surface area contributed by atoms with Crippen molar-refractivity contribution < 1.29 is 27.4 Å². The van der Waals surface area contributed by atoms with Gasteiger partial charge in [-0.2, -0.15) is 13.2 Å². The van der Waals surface area contributed by atoms with Gasteiger partial charge >= 0.3 is 12.1 Å². The minimum atomic E-state index is -4.36. The van der Waals surface area contributed by atoms with Crippen molar-refractivity contribution in [3.63, 3.8) is 0 Å². The number of thioether (sulfide) groups is 1. The van der Waals surface area contributed by atoms with Gasteiger partial charge in [0.05, 0.1) is 17.6 Å². The third kappa shape index (κ3) is 3.85. The van der Waals surface area contributed by atoms with Gasteiger partial charge in [-0.3, -0.25) is 4.79 Å². The number of methoxy groups -OCH3 is 1. The highest BCUT2D eigenvalue weighted by molar-refractivity contribution is 8.01. The van der Waals surface area contributed by atoms with Crippen LogP contribution in [-0.4, -0.2) is 17.8 Å². The zero-order valence-electron chi connectivity index (χ0n) is 15.8. The van der Waals surface area contributed by atoms with Crippen LogP contribution in [0.1, 0.15) is 30.5 Å². The summed E-state index contributed by atoms with van der Waals surface area (Å²) in [6.45, 7) is 4.11. The number of esters is 1. The van der Waals surface area contributed by atoms with E-state index in [1.165, 1.54) is 31.0 Å². The molecular weight excluding hydrogens is 389 g/mol. The van der Waals surface area contributed by atoms with E-state index in [-0.39, 0.29) is 18.5 Å². The van der Waals surface area contributed by atoms with E-state index in [4.69, 9.17) is 9.47 Å². The van der Waals surface area contributed by atoms with Crippen molar-refractivity contribution in [2.24, 2.45) is 5.92 Å². The minimum Gasteiger partial charge on any atom is -0.488 e. The van der Waals surface area contributed by atoms with Gasteiger partial charge in [0.15, 0.2) is 0 Å². The summed E-state index contributed by atoms with van der Waals surface area (Å²) in [5.41, 5.74) is 0.956. The van der Waals surface area contributed by atoms with E-state index in [1.807, 2.05) is 32.0 Å². The Balaban J connectivity index is 1.79. The molecule has 3 rings (SSSR count). The number of hydrogen-bond acceptors (Lipinski definition) is 4. The highest BCUT2D eigenvalue weighted by Crippen LogP contribution is 2.53. The fourth-order valence-electron chi connectivity index (χ4n) is 3.23. The number of fused-ring (bicyclic) bond motifs is 1. The van der Waals surface area contributed by atoms with Gasteiger partial charge in [0.2, 0.25) is 0 Å². The van der Waals surface area contributed by atoms with Crippen molar-refractivity contribution in [2.75, 3.05) is 7.11 Å². The van der Waals surface area contributed by atoms with Crippen LogP contribution in [0.3, 0.4) is 0 Å². The maximum absolute atomic E-state index is 12.7. The summed E-state index contributed by atoms with van der Waals surface area (Å²) in [7, 11) is 1.39. The summed E-state index contributed by atoms with van der Waals surface area (Å²) in [5.74, 6) is 0.409. The van der Waals surface area contributed by atoms with Gasteiger partial charge in [0.1, 0.15) is 17.1 Å². The van der Waals surface area contributed by atoms with Crippen LogP contribution in [0, 0.1) is 5.92 Å². The monoisotopic (exact) mass is 410 g/mol. The van der Waals surface area contributed by atoms with Crippen LogP contribution < -0.4 is 4.74 Å². The number of carbonyl (C=O) groups is 1. The molecule has 0 aromatic heterocycles.